The SMILES string of the molecule is Cc1ccsc1CN(C(=O)COc1ccc(Cl)cc1Cl)[C@H]1CCS(=O)(=O)C1. The van der Waals surface area contributed by atoms with E-state index >= 15 is 0 Å². The molecule has 9 heteroatoms. The lowest BCUT2D eigenvalue weighted by Crippen LogP contribution is -2.43. The van der Waals surface area contributed by atoms with Gasteiger partial charge in [-0.05, 0) is 48.6 Å². The summed E-state index contributed by atoms with van der Waals surface area (Å²) in [4.78, 5) is 15.5. The smallest absolute Gasteiger partial charge is 0.261 e. The van der Waals surface area contributed by atoms with Crippen molar-refractivity contribution in [3.8, 4) is 5.75 Å². The molecule has 0 N–H and O–H groups in total. The van der Waals surface area contributed by atoms with E-state index in [1.54, 1.807) is 34.4 Å². The highest BCUT2D eigenvalue weighted by Gasteiger charge is 2.35. The van der Waals surface area contributed by atoms with Gasteiger partial charge in [0.05, 0.1) is 23.1 Å². The minimum atomic E-state index is -3.11. The van der Waals surface area contributed by atoms with Gasteiger partial charge in [-0.25, -0.2) is 8.42 Å². The molecule has 2 aromatic rings. The molecule has 0 saturated carbocycles. The first-order valence-corrected chi connectivity index (χ1v) is 11.8. The molecule has 3 rings (SSSR count). The van der Waals surface area contributed by atoms with Crippen LogP contribution in [0.3, 0.4) is 0 Å². The molecule has 1 saturated heterocycles. The summed E-state index contributed by atoms with van der Waals surface area (Å²) in [6.45, 7) is 2.13. The third-order valence-electron chi connectivity index (χ3n) is 4.50. The van der Waals surface area contributed by atoms with Crippen LogP contribution in [0, 0.1) is 6.92 Å². The molecule has 1 amide bonds. The van der Waals surface area contributed by atoms with Gasteiger partial charge in [-0.1, -0.05) is 23.2 Å². The summed E-state index contributed by atoms with van der Waals surface area (Å²) in [6, 6.07) is 6.42. The lowest BCUT2D eigenvalue weighted by Gasteiger charge is -2.28. The van der Waals surface area contributed by atoms with E-state index in [1.165, 1.54) is 0 Å². The number of aryl methyl sites for hydroxylation is 1. The predicted molar refractivity (Wildman–Crippen MR) is 109 cm³/mol. The van der Waals surface area contributed by atoms with Gasteiger partial charge < -0.3 is 9.64 Å². The number of hydrogen-bond donors (Lipinski definition) is 0. The molecule has 1 aromatic carbocycles. The molecule has 1 aliphatic heterocycles. The van der Waals surface area contributed by atoms with E-state index in [1.807, 2.05) is 18.4 Å². The Bertz CT molecular complexity index is 943. The molecule has 0 bridgehead atoms. The maximum absolute atomic E-state index is 12.9. The first kappa shape index (κ1) is 20.5. The average Bonchev–Trinajstić information content (AvgIpc) is 3.16. The van der Waals surface area contributed by atoms with Crippen molar-refractivity contribution >= 4 is 50.3 Å². The van der Waals surface area contributed by atoms with Gasteiger partial charge in [-0.15, -0.1) is 11.3 Å². The number of ether oxygens (including phenoxy) is 1. The van der Waals surface area contributed by atoms with Gasteiger partial charge >= 0.3 is 0 Å². The molecule has 1 atom stereocenters. The molecule has 0 radical (unpaired) electrons. The van der Waals surface area contributed by atoms with Gasteiger partial charge in [0.1, 0.15) is 5.75 Å². The molecule has 1 aromatic heterocycles. The van der Waals surface area contributed by atoms with E-state index < -0.39 is 9.84 Å². The maximum Gasteiger partial charge on any atom is 0.261 e. The normalized spacial score (nSPS) is 18.4. The molecule has 0 spiro atoms. The minimum Gasteiger partial charge on any atom is -0.482 e. The highest BCUT2D eigenvalue weighted by molar-refractivity contribution is 7.91. The van der Waals surface area contributed by atoms with Crippen molar-refractivity contribution in [3.63, 3.8) is 0 Å². The van der Waals surface area contributed by atoms with E-state index in [0.717, 1.165) is 10.4 Å². The highest BCUT2D eigenvalue weighted by atomic mass is 35.5. The first-order valence-electron chi connectivity index (χ1n) is 8.36. The van der Waals surface area contributed by atoms with Crippen LogP contribution in [0.5, 0.6) is 5.75 Å². The van der Waals surface area contributed by atoms with E-state index in [4.69, 9.17) is 27.9 Å². The van der Waals surface area contributed by atoms with E-state index in [0.29, 0.717) is 28.8 Å². The van der Waals surface area contributed by atoms with Crippen LogP contribution in [0.15, 0.2) is 29.6 Å². The van der Waals surface area contributed by atoms with Crippen molar-refractivity contribution in [2.45, 2.75) is 25.9 Å². The van der Waals surface area contributed by atoms with Gasteiger partial charge in [0.25, 0.3) is 5.91 Å². The van der Waals surface area contributed by atoms with Crippen molar-refractivity contribution in [2.24, 2.45) is 0 Å². The van der Waals surface area contributed by atoms with Gasteiger partial charge in [-0.2, -0.15) is 0 Å². The van der Waals surface area contributed by atoms with Crippen LogP contribution in [-0.2, 0) is 21.2 Å². The molecule has 2 heterocycles. The Kier molecular flexibility index (Phi) is 6.35. The number of rotatable bonds is 6. The number of nitrogens with zero attached hydrogens (tertiary/aromatic N) is 1. The maximum atomic E-state index is 12.9. The summed E-state index contributed by atoms with van der Waals surface area (Å²) in [6.07, 6.45) is 0.445. The standard InChI is InChI=1S/C18H19Cl2NO4S2/c1-12-4-6-26-17(12)9-21(14-5-7-27(23,24)11-14)18(22)10-25-16-3-2-13(19)8-15(16)20/h2-4,6,8,14H,5,7,9-11H2,1H3/t14-/m0/s1. The predicted octanol–water partition coefficient (Wildman–Crippen LogP) is 3.96. The Hall–Kier alpha value is -1.28. The van der Waals surface area contributed by atoms with E-state index in [-0.39, 0.29) is 30.1 Å². The fourth-order valence-electron chi connectivity index (χ4n) is 2.98. The highest BCUT2D eigenvalue weighted by Crippen LogP contribution is 2.28. The monoisotopic (exact) mass is 447 g/mol. The topological polar surface area (TPSA) is 63.7 Å². The largest absolute Gasteiger partial charge is 0.482 e. The molecular formula is C18H19Cl2NO4S2. The third kappa shape index (κ3) is 5.16. The summed E-state index contributed by atoms with van der Waals surface area (Å²) >= 11 is 13.5. The van der Waals surface area contributed by atoms with E-state index in [9.17, 15) is 13.2 Å². The number of amides is 1. The molecule has 5 nitrogen and oxygen atoms in total. The van der Waals surface area contributed by atoms with Crippen LogP contribution >= 0.6 is 34.5 Å². The Labute approximate surface area is 172 Å². The lowest BCUT2D eigenvalue weighted by atomic mass is 10.2. The van der Waals surface area contributed by atoms with Gasteiger partial charge in [0.2, 0.25) is 0 Å². The number of hydrogen-bond acceptors (Lipinski definition) is 5. The number of halogens is 2. The number of carbonyl (C=O) groups is 1. The zero-order chi connectivity index (χ0) is 19.6. The Morgan fingerprint density at radius 2 is 2.11 bits per heavy atom. The fraction of sp³-hybridized carbons (Fsp3) is 0.389. The van der Waals surface area contributed by atoms with Gasteiger partial charge in [-0.3, -0.25) is 4.79 Å². The first-order chi connectivity index (χ1) is 12.7. The molecule has 1 fully saturated rings. The summed E-state index contributed by atoms with van der Waals surface area (Å²) in [5.41, 5.74) is 1.08. The quantitative estimate of drug-likeness (QED) is 0.671. The number of benzene rings is 1. The Morgan fingerprint density at radius 3 is 2.70 bits per heavy atom. The van der Waals surface area contributed by atoms with Crippen LogP contribution in [-0.4, -0.2) is 43.4 Å². The van der Waals surface area contributed by atoms with Crippen molar-refractivity contribution in [1.82, 2.24) is 4.90 Å². The number of carbonyl (C=O) groups excluding carboxylic acids is 1. The van der Waals surface area contributed by atoms with Gasteiger partial charge in [0, 0.05) is 15.9 Å². The van der Waals surface area contributed by atoms with Crippen LogP contribution in [0.1, 0.15) is 16.9 Å². The Balaban J connectivity index is 1.75. The second kappa shape index (κ2) is 8.39. The fourth-order valence-corrected chi connectivity index (χ4v) is 6.08. The molecular weight excluding hydrogens is 429 g/mol. The molecule has 146 valence electrons. The summed E-state index contributed by atoms with van der Waals surface area (Å²) in [5.74, 6) is 0.191. The average molecular weight is 448 g/mol. The second-order valence-electron chi connectivity index (χ2n) is 6.47. The van der Waals surface area contributed by atoms with Crippen LogP contribution in [0.25, 0.3) is 0 Å². The zero-order valence-corrected chi connectivity index (χ0v) is 17.8. The van der Waals surface area contributed by atoms with Gasteiger partial charge in [0.15, 0.2) is 16.4 Å². The van der Waals surface area contributed by atoms with Crippen LogP contribution in [0.2, 0.25) is 10.0 Å². The number of sulfone groups is 1. The Morgan fingerprint density at radius 1 is 1.33 bits per heavy atom. The summed E-state index contributed by atoms with van der Waals surface area (Å²) in [7, 11) is -3.11. The summed E-state index contributed by atoms with van der Waals surface area (Å²) in [5, 5.41) is 2.76. The summed E-state index contributed by atoms with van der Waals surface area (Å²) < 4.78 is 29.4. The van der Waals surface area contributed by atoms with Crippen molar-refractivity contribution in [1.29, 1.82) is 0 Å². The van der Waals surface area contributed by atoms with Crippen molar-refractivity contribution in [3.05, 3.63) is 50.1 Å². The molecule has 27 heavy (non-hydrogen) atoms. The third-order valence-corrected chi connectivity index (χ3v) is 7.79. The number of thiophene rings is 1. The zero-order valence-electron chi connectivity index (χ0n) is 14.7. The van der Waals surface area contributed by atoms with Crippen molar-refractivity contribution < 1.29 is 17.9 Å². The minimum absolute atomic E-state index is 0.00906. The van der Waals surface area contributed by atoms with Crippen LogP contribution in [0.4, 0.5) is 0 Å². The molecule has 0 unspecified atom stereocenters. The molecule has 1 aliphatic rings. The second-order valence-corrected chi connectivity index (χ2v) is 10.5. The van der Waals surface area contributed by atoms with E-state index in [2.05, 4.69) is 0 Å². The van der Waals surface area contributed by atoms with Crippen LogP contribution < -0.4 is 4.74 Å². The van der Waals surface area contributed by atoms with Crippen molar-refractivity contribution in [2.75, 3.05) is 18.1 Å². The lowest BCUT2D eigenvalue weighted by molar-refractivity contribution is -0.135. The molecule has 0 aliphatic carbocycles.